The predicted molar refractivity (Wildman–Crippen MR) is 143 cm³/mol. The molecule has 1 aliphatic heterocycles. The SMILES string of the molecule is CC(C)Oc1ccccc1Nc1nc(Nc2ccc3c(c2)CC[C@@H](N2CCCC2)CC3)ncc1Cl. The summed E-state index contributed by atoms with van der Waals surface area (Å²) in [5.74, 6) is 1.79. The van der Waals surface area contributed by atoms with Crippen LogP contribution in [0.25, 0.3) is 0 Å². The molecule has 1 atom stereocenters. The number of rotatable bonds is 7. The van der Waals surface area contributed by atoms with E-state index in [0.29, 0.717) is 16.8 Å². The van der Waals surface area contributed by atoms with Gasteiger partial charge in [-0.05, 0) is 101 Å². The maximum Gasteiger partial charge on any atom is 0.229 e. The van der Waals surface area contributed by atoms with E-state index in [4.69, 9.17) is 16.3 Å². The molecule has 5 rings (SSSR count). The standard InChI is InChI=1S/C28H34ClN5O/c1-19(2)35-26-8-4-3-7-25(26)32-27-24(29)18-30-28(33-27)31-22-12-9-20-10-13-23(14-11-21(20)17-22)34-15-5-6-16-34/h3-4,7-9,12,17-19,23H,5-6,10-11,13-16H2,1-2H3,(H2,30,31,32,33)/t23-/m0/s1. The first-order valence-corrected chi connectivity index (χ1v) is 13.1. The lowest BCUT2D eigenvalue weighted by Crippen LogP contribution is -2.32. The van der Waals surface area contributed by atoms with Crippen molar-refractivity contribution in [1.82, 2.24) is 14.9 Å². The summed E-state index contributed by atoms with van der Waals surface area (Å²) in [5.41, 5.74) is 4.72. The van der Waals surface area contributed by atoms with Gasteiger partial charge in [0.25, 0.3) is 0 Å². The van der Waals surface area contributed by atoms with Gasteiger partial charge < -0.3 is 20.3 Å². The number of ether oxygens (including phenoxy) is 1. The average Bonchev–Trinajstić information content (AvgIpc) is 3.30. The lowest BCUT2D eigenvalue weighted by molar-refractivity contribution is 0.222. The van der Waals surface area contributed by atoms with E-state index >= 15 is 0 Å². The lowest BCUT2D eigenvalue weighted by Gasteiger charge is -2.25. The number of aromatic nitrogens is 2. The molecule has 0 spiro atoms. The fraction of sp³-hybridized carbons (Fsp3) is 0.429. The first-order valence-electron chi connectivity index (χ1n) is 12.7. The first kappa shape index (κ1) is 23.9. The van der Waals surface area contributed by atoms with Crippen LogP contribution >= 0.6 is 11.6 Å². The van der Waals surface area contributed by atoms with Crippen LogP contribution in [-0.4, -0.2) is 40.1 Å². The normalized spacial score (nSPS) is 18.2. The highest BCUT2D eigenvalue weighted by Crippen LogP contribution is 2.32. The average molecular weight is 492 g/mol. The zero-order valence-corrected chi connectivity index (χ0v) is 21.3. The third kappa shape index (κ3) is 5.88. The Hall–Kier alpha value is -2.83. The number of para-hydroxylation sites is 2. The van der Waals surface area contributed by atoms with Crippen molar-refractivity contribution in [1.29, 1.82) is 0 Å². The van der Waals surface area contributed by atoms with E-state index in [-0.39, 0.29) is 6.10 Å². The molecule has 1 aromatic heterocycles. The lowest BCUT2D eigenvalue weighted by atomic mass is 10.0. The van der Waals surface area contributed by atoms with Crippen LogP contribution in [0.2, 0.25) is 5.02 Å². The van der Waals surface area contributed by atoms with Crippen molar-refractivity contribution in [3.8, 4) is 5.75 Å². The van der Waals surface area contributed by atoms with E-state index in [1.54, 1.807) is 6.20 Å². The minimum Gasteiger partial charge on any atom is -0.489 e. The van der Waals surface area contributed by atoms with Crippen molar-refractivity contribution in [3.63, 3.8) is 0 Å². The highest BCUT2D eigenvalue weighted by Gasteiger charge is 2.24. The molecule has 0 radical (unpaired) electrons. The number of fused-ring (bicyclic) bond motifs is 1. The summed E-state index contributed by atoms with van der Waals surface area (Å²) in [6, 6.07) is 15.2. The second-order valence-electron chi connectivity index (χ2n) is 9.76. The summed E-state index contributed by atoms with van der Waals surface area (Å²) < 4.78 is 5.92. The molecule has 2 aromatic carbocycles. The molecule has 1 aliphatic carbocycles. The fourth-order valence-corrected chi connectivity index (χ4v) is 5.28. The van der Waals surface area contributed by atoms with Gasteiger partial charge >= 0.3 is 0 Å². The molecular formula is C28H34ClN5O. The Labute approximate surface area is 213 Å². The van der Waals surface area contributed by atoms with Crippen LogP contribution in [0.1, 0.15) is 50.7 Å². The van der Waals surface area contributed by atoms with E-state index in [0.717, 1.165) is 36.0 Å². The van der Waals surface area contributed by atoms with Crippen molar-refractivity contribution in [2.24, 2.45) is 0 Å². The molecule has 0 bridgehead atoms. The van der Waals surface area contributed by atoms with E-state index in [9.17, 15) is 0 Å². The maximum atomic E-state index is 6.43. The minimum absolute atomic E-state index is 0.0647. The number of nitrogens with one attached hydrogen (secondary N) is 2. The number of halogens is 1. The number of benzene rings is 2. The van der Waals surface area contributed by atoms with Gasteiger partial charge in [-0.25, -0.2) is 4.98 Å². The van der Waals surface area contributed by atoms with E-state index in [1.807, 2.05) is 38.1 Å². The molecule has 35 heavy (non-hydrogen) atoms. The monoisotopic (exact) mass is 491 g/mol. The van der Waals surface area contributed by atoms with Gasteiger partial charge in [0.2, 0.25) is 5.95 Å². The third-order valence-corrected chi connectivity index (χ3v) is 7.14. The van der Waals surface area contributed by atoms with E-state index in [1.165, 1.54) is 49.9 Å². The van der Waals surface area contributed by atoms with Crippen LogP contribution < -0.4 is 15.4 Å². The Balaban J connectivity index is 1.30. The number of hydrogen-bond acceptors (Lipinski definition) is 6. The van der Waals surface area contributed by atoms with E-state index < -0.39 is 0 Å². The quantitative estimate of drug-likeness (QED) is 0.356. The minimum atomic E-state index is 0.0647. The van der Waals surface area contributed by atoms with Crippen LogP contribution in [-0.2, 0) is 12.8 Å². The molecular weight excluding hydrogens is 458 g/mol. The molecule has 3 aromatic rings. The first-order chi connectivity index (χ1) is 17.0. The molecule has 0 saturated carbocycles. The Bertz CT molecular complexity index is 1160. The molecule has 0 unspecified atom stereocenters. The second kappa shape index (κ2) is 10.8. The van der Waals surface area contributed by atoms with Gasteiger partial charge in [0.05, 0.1) is 18.0 Å². The Morgan fingerprint density at radius 3 is 2.57 bits per heavy atom. The summed E-state index contributed by atoms with van der Waals surface area (Å²) >= 11 is 6.43. The molecule has 0 amide bonds. The number of likely N-dealkylation sites (tertiary alicyclic amines) is 1. The fourth-order valence-electron chi connectivity index (χ4n) is 5.14. The summed E-state index contributed by atoms with van der Waals surface area (Å²) in [6.07, 6.45) is 9.16. The number of aryl methyl sites for hydroxylation is 2. The molecule has 1 saturated heterocycles. The Morgan fingerprint density at radius 2 is 1.77 bits per heavy atom. The van der Waals surface area contributed by atoms with Gasteiger partial charge in [-0.2, -0.15) is 4.98 Å². The number of hydrogen-bond donors (Lipinski definition) is 2. The molecule has 184 valence electrons. The highest BCUT2D eigenvalue weighted by atomic mass is 35.5. The van der Waals surface area contributed by atoms with Crippen molar-refractivity contribution in [3.05, 3.63) is 64.8 Å². The van der Waals surface area contributed by atoms with Gasteiger partial charge in [0.1, 0.15) is 10.8 Å². The maximum absolute atomic E-state index is 6.43. The molecule has 7 heteroatoms. The number of nitrogens with zero attached hydrogens (tertiary/aromatic N) is 3. The number of anilines is 4. The highest BCUT2D eigenvalue weighted by molar-refractivity contribution is 6.32. The van der Waals surface area contributed by atoms with Crippen molar-refractivity contribution >= 4 is 34.7 Å². The third-order valence-electron chi connectivity index (χ3n) is 6.86. The largest absolute Gasteiger partial charge is 0.489 e. The van der Waals surface area contributed by atoms with Crippen molar-refractivity contribution in [2.45, 2.75) is 64.5 Å². The van der Waals surface area contributed by atoms with Crippen LogP contribution in [0.15, 0.2) is 48.7 Å². The summed E-state index contributed by atoms with van der Waals surface area (Å²) in [4.78, 5) is 11.8. The summed E-state index contributed by atoms with van der Waals surface area (Å²) in [7, 11) is 0. The van der Waals surface area contributed by atoms with Crippen LogP contribution in [0.4, 0.5) is 23.1 Å². The van der Waals surface area contributed by atoms with Crippen LogP contribution in [0.3, 0.4) is 0 Å². The second-order valence-corrected chi connectivity index (χ2v) is 10.2. The van der Waals surface area contributed by atoms with Gasteiger partial charge in [0.15, 0.2) is 5.82 Å². The smallest absolute Gasteiger partial charge is 0.229 e. The van der Waals surface area contributed by atoms with Gasteiger partial charge in [-0.1, -0.05) is 29.8 Å². The van der Waals surface area contributed by atoms with Gasteiger partial charge in [-0.15, -0.1) is 0 Å². The van der Waals surface area contributed by atoms with Crippen LogP contribution in [0, 0.1) is 0 Å². The summed E-state index contributed by atoms with van der Waals surface area (Å²) in [5, 5.41) is 7.14. The molecule has 2 N–H and O–H groups in total. The predicted octanol–water partition coefficient (Wildman–Crippen LogP) is 6.75. The van der Waals surface area contributed by atoms with Crippen LogP contribution in [0.5, 0.6) is 5.75 Å². The molecule has 6 nitrogen and oxygen atoms in total. The summed E-state index contributed by atoms with van der Waals surface area (Å²) in [6.45, 7) is 6.55. The Morgan fingerprint density at radius 1 is 1.00 bits per heavy atom. The molecule has 2 heterocycles. The van der Waals surface area contributed by atoms with E-state index in [2.05, 4.69) is 43.7 Å². The van der Waals surface area contributed by atoms with Crippen molar-refractivity contribution in [2.75, 3.05) is 23.7 Å². The van der Waals surface area contributed by atoms with Gasteiger partial charge in [0, 0.05) is 11.7 Å². The Kier molecular flexibility index (Phi) is 7.40. The zero-order chi connectivity index (χ0) is 24.2. The van der Waals surface area contributed by atoms with Gasteiger partial charge in [-0.3, -0.25) is 0 Å². The molecule has 1 fully saturated rings. The molecule has 2 aliphatic rings. The topological polar surface area (TPSA) is 62.3 Å². The van der Waals surface area contributed by atoms with Crippen molar-refractivity contribution < 1.29 is 4.74 Å². The zero-order valence-electron chi connectivity index (χ0n) is 20.6.